The summed E-state index contributed by atoms with van der Waals surface area (Å²) in [5.41, 5.74) is 0.990. The van der Waals surface area contributed by atoms with Gasteiger partial charge < -0.3 is 14.6 Å². The summed E-state index contributed by atoms with van der Waals surface area (Å²) in [6.45, 7) is 2.82. The van der Waals surface area contributed by atoms with Gasteiger partial charge in [-0.2, -0.15) is 0 Å². The van der Waals surface area contributed by atoms with E-state index in [-0.39, 0.29) is 5.91 Å². The van der Waals surface area contributed by atoms with Gasteiger partial charge in [0.05, 0.1) is 12.9 Å². The molecule has 4 rings (SSSR count). The Kier molecular flexibility index (Phi) is 5.38. The summed E-state index contributed by atoms with van der Waals surface area (Å²) in [5.74, 6) is 3.56. The molecule has 6 nitrogen and oxygen atoms in total. The van der Waals surface area contributed by atoms with Gasteiger partial charge in [-0.15, -0.1) is 10.2 Å². The number of nitrogens with one attached hydrogen (secondary N) is 1. The molecule has 1 heterocycles. The average Bonchev–Trinajstić information content (AvgIpc) is 3.62. The van der Waals surface area contributed by atoms with Crippen molar-refractivity contribution in [3.63, 3.8) is 0 Å². The Morgan fingerprint density at radius 2 is 1.89 bits per heavy atom. The maximum absolute atomic E-state index is 12.4. The third-order valence-electron chi connectivity index (χ3n) is 5.30. The molecule has 27 heavy (non-hydrogen) atoms. The maximum Gasteiger partial charge on any atom is 0.230 e. The summed E-state index contributed by atoms with van der Waals surface area (Å²) >= 11 is 1.46. The summed E-state index contributed by atoms with van der Waals surface area (Å²) < 4.78 is 7.27. The topological polar surface area (TPSA) is 69.0 Å². The van der Waals surface area contributed by atoms with Crippen molar-refractivity contribution in [2.75, 3.05) is 12.9 Å². The van der Waals surface area contributed by atoms with Crippen LogP contribution in [-0.2, 0) is 11.3 Å². The number of nitrogens with zero attached hydrogens (tertiary/aromatic N) is 3. The lowest BCUT2D eigenvalue weighted by Gasteiger charge is -2.17. The summed E-state index contributed by atoms with van der Waals surface area (Å²) in [5, 5.41) is 12.7. The Bertz CT molecular complexity index is 785. The van der Waals surface area contributed by atoms with Crippen LogP contribution >= 0.6 is 11.8 Å². The van der Waals surface area contributed by atoms with E-state index in [1.54, 1.807) is 7.11 Å². The lowest BCUT2D eigenvalue weighted by molar-refractivity contribution is -0.119. The first-order chi connectivity index (χ1) is 13.2. The summed E-state index contributed by atoms with van der Waals surface area (Å²) in [6.07, 6.45) is 5.07. The second-order valence-corrected chi connectivity index (χ2v) is 8.28. The van der Waals surface area contributed by atoms with Gasteiger partial charge in [0, 0.05) is 18.2 Å². The second kappa shape index (κ2) is 7.92. The minimum absolute atomic E-state index is 0.112. The Morgan fingerprint density at radius 3 is 2.44 bits per heavy atom. The normalized spacial score (nSPS) is 16.6. The molecule has 0 bridgehead atoms. The fourth-order valence-corrected chi connectivity index (χ4v) is 4.34. The standard InChI is InChI=1S/C20H26N4O2S/c1-3-24-19(15-8-10-16(26-2)11-9-15)22-23-20(24)27-12-17(25)21-18(13-4-5-13)14-6-7-14/h8-11,13-14,18H,3-7,12H2,1-2H3,(H,21,25). The van der Waals surface area contributed by atoms with Gasteiger partial charge in [0.25, 0.3) is 0 Å². The zero-order valence-electron chi connectivity index (χ0n) is 15.9. The van der Waals surface area contributed by atoms with Crippen LogP contribution in [0.5, 0.6) is 5.75 Å². The Labute approximate surface area is 164 Å². The molecule has 0 spiro atoms. The Hall–Kier alpha value is -2.02. The predicted molar refractivity (Wildman–Crippen MR) is 106 cm³/mol. The molecule has 1 aromatic heterocycles. The molecule has 1 N–H and O–H groups in total. The van der Waals surface area contributed by atoms with Gasteiger partial charge >= 0.3 is 0 Å². The number of hydrogen-bond acceptors (Lipinski definition) is 5. The predicted octanol–water partition coefficient (Wildman–Crippen LogP) is 3.37. The van der Waals surface area contributed by atoms with E-state index in [0.717, 1.165) is 28.8 Å². The minimum atomic E-state index is 0.112. The van der Waals surface area contributed by atoms with Crippen LogP contribution in [0, 0.1) is 11.8 Å². The molecule has 7 heteroatoms. The first-order valence-electron chi connectivity index (χ1n) is 9.69. The summed E-state index contributed by atoms with van der Waals surface area (Å²) in [6, 6.07) is 8.19. The van der Waals surface area contributed by atoms with Crippen molar-refractivity contribution in [1.82, 2.24) is 20.1 Å². The third-order valence-corrected chi connectivity index (χ3v) is 6.27. The molecule has 2 saturated carbocycles. The highest BCUT2D eigenvalue weighted by Crippen LogP contribution is 2.44. The molecular weight excluding hydrogens is 360 g/mol. The molecule has 2 aliphatic rings. The monoisotopic (exact) mass is 386 g/mol. The zero-order chi connectivity index (χ0) is 18.8. The maximum atomic E-state index is 12.4. The molecule has 2 aliphatic carbocycles. The van der Waals surface area contributed by atoms with E-state index < -0.39 is 0 Å². The van der Waals surface area contributed by atoms with Crippen LogP contribution in [0.4, 0.5) is 0 Å². The molecular formula is C20H26N4O2S. The van der Waals surface area contributed by atoms with Crippen molar-refractivity contribution in [2.24, 2.45) is 11.8 Å². The van der Waals surface area contributed by atoms with Gasteiger partial charge in [-0.1, -0.05) is 11.8 Å². The number of amides is 1. The van der Waals surface area contributed by atoms with Gasteiger partial charge in [-0.05, 0) is 68.7 Å². The molecule has 1 aromatic carbocycles. The highest BCUT2D eigenvalue weighted by atomic mass is 32.2. The van der Waals surface area contributed by atoms with Gasteiger partial charge in [0.2, 0.25) is 5.91 Å². The molecule has 1 amide bonds. The highest BCUT2D eigenvalue weighted by molar-refractivity contribution is 7.99. The van der Waals surface area contributed by atoms with Crippen molar-refractivity contribution in [3.05, 3.63) is 24.3 Å². The number of ether oxygens (including phenoxy) is 1. The number of benzene rings is 1. The number of carbonyl (C=O) groups is 1. The molecule has 2 fully saturated rings. The van der Waals surface area contributed by atoms with Crippen molar-refractivity contribution in [3.8, 4) is 17.1 Å². The van der Waals surface area contributed by atoms with E-state index in [1.165, 1.54) is 37.4 Å². The van der Waals surface area contributed by atoms with Crippen molar-refractivity contribution in [1.29, 1.82) is 0 Å². The fourth-order valence-electron chi connectivity index (χ4n) is 3.52. The van der Waals surface area contributed by atoms with E-state index >= 15 is 0 Å². The number of aromatic nitrogens is 3. The van der Waals surface area contributed by atoms with E-state index in [9.17, 15) is 4.79 Å². The van der Waals surface area contributed by atoms with Crippen LogP contribution in [0.25, 0.3) is 11.4 Å². The van der Waals surface area contributed by atoms with E-state index in [0.29, 0.717) is 23.6 Å². The largest absolute Gasteiger partial charge is 0.497 e. The number of thioether (sulfide) groups is 1. The summed E-state index contributed by atoms with van der Waals surface area (Å²) in [7, 11) is 1.65. The van der Waals surface area contributed by atoms with Crippen LogP contribution in [-0.4, -0.2) is 39.6 Å². The first kappa shape index (κ1) is 18.3. The second-order valence-electron chi connectivity index (χ2n) is 7.34. The van der Waals surface area contributed by atoms with E-state index in [4.69, 9.17) is 4.74 Å². The Morgan fingerprint density at radius 1 is 1.22 bits per heavy atom. The summed E-state index contributed by atoms with van der Waals surface area (Å²) in [4.78, 5) is 12.4. The van der Waals surface area contributed by atoms with Gasteiger partial charge in [0.15, 0.2) is 11.0 Å². The van der Waals surface area contributed by atoms with Crippen LogP contribution in [0.2, 0.25) is 0 Å². The zero-order valence-corrected chi connectivity index (χ0v) is 16.7. The van der Waals surface area contributed by atoms with Crippen LogP contribution < -0.4 is 10.1 Å². The Balaban J connectivity index is 1.39. The molecule has 2 aromatic rings. The lowest BCUT2D eigenvalue weighted by Crippen LogP contribution is -2.39. The minimum Gasteiger partial charge on any atom is -0.497 e. The number of methoxy groups -OCH3 is 1. The van der Waals surface area contributed by atoms with Crippen molar-refractivity contribution >= 4 is 17.7 Å². The molecule has 0 aliphatic heterocycles. The smallest absolute Gasteiger partial charge is 0.230 e. The quantitative estimate of drug-likeness (QED) is 0.669. The molecule has 0 atom stereocenters. The van der Waals surface area contributed by atoms with Crippen molar-refractivity contribution < 1.29 is 9.53 Å². The molecule has 144 valence electrons. The fraction of sp³-hybridized carbons (Fsp3) is 0.550. The van der Waals surface area contributed by atoms with Crippen LogP contribution in [0.3, 0.4) is 0 Å². The average molecular weight is 387 g/mol. The highest BCUT2D eigenvalue weighted by Gasteiger charge is 2.42. The molecule has 0 unspecified atom stereocenters. The van der Waals surface area contributed by atoms with E-state index in [1.807, 2.05) is 24.3 Å². The first-order valence-corrected chi connectivity index (χ1v) is 10.7. The van der Waals surface area contributed by atoms with E-state index in [2.05, 4.69) is 27.0 Å². The van der Waals surface area contributed by atoms with Gasteiger partial charge in [0.1, 0.15) is 5.75 Å². The van der Waals surface area contributed by atoms with Crippen molar-refractivity contribution in [2.45, 2.75) is 50.4 Å². The van der Waals surface area contributed by atoms with Crippen LogP contribution in [0.1, 0.15) is 32.6 Å². The third kappa shape index (κ3) is 4.29. The molecule has 0 radical (unpaired) electrons. The van der Waals surface area contributed by atoms with Crippen LogP contribution in [0.15, 0.2) is 29.4 Å². The van der Waals surface area contributed by atoms with Gasteiger partial charge in [-0.3, -0.25) is 4.79 Å². The lowest BCUT2D eigenvalue weighted by atomic mass is 10.1. The molecule has 0 saturated heterocycles. The van der Waals surface area contributed by atoms with Gasteiger partial charge in [-0.25, -0.2) is 0 Å². The number of rotatable bonds is 9. The SMILES string of the molecule is CCn1c(SCC(=O)NC(C2CC2)C2CC2)nnc1-c1ccc(OC)cc1. The number of hydrogen-bond donors (Lipinski definition) is 1. The number of carbonyl (C=O) groups excluding carboxylic acids is 1.